The molecule has 0 aromatic heterocycles. The van der Waals surface area contributed by atoms with Gasteiger partial charge in [0.15, 0.2) is 0 Å². The third-order valence-corrected chi connectivity index (χ3v) is 5.12. The smallest absolute Gasteiger partial charge is 0.224 e. The number of rotatable bonds is 22. The van der Waals surface area contributed by atoms with E-state index in [4.69, 9.17) is 14.2 Å². The molecule has 1 aromatic rings. The standard InChI is InChI=1S/C27H41N3O8/c1-21(31)20-25(33)11-8-23-6-9-24(10-7-23)30-27(35)5-3-4-26(34)29-13-15-37-17-19-38-18-16-36-14-12-28-22(2)32/h6-7,9-10H,3-5,8,11-20H2,1-2H3,(H,28,32)(H,29,34)(H,30,35). The van der Waals surface area contributed by atoms with Crippen LogP contribution in [-0.2, 0) is 44.6 Å². The zero-order valence-electron chi connectivity index (χ0n) is 22.5. The van der Waals surface area contributed by atoms with Crippen LogP contribution in [0.1, 0.15) is 51.5 Å². The molecule has 0 unspecified atom stereocenters. The average molecular weight is 536 g/mol. The second-order valence-electron chi connectivity index (χ2n) is 8.69. The number of ether oxygens (including phenoxy) is 3. The lowest BCUT2D eigenvalue weighted by molar-refractivity contribution is -0.126. The Hall–Kier alpha value is -3.15. The van der Waals surface area contributed by atoms with Crippen molar-refractivity contribution >= 4 is 35.0 Å². The third kappa shape index (κ3) is 19.0. The number of carbonyl (C=O) groups excluding carboxylic acids is 5. The maximum absolute atomic E-state index is 12.1. The van der Waals surface area contributed by atoms with Crippen molar-refractivity contribution in [2.75, 3.05) is 58.0 Å². The quantitative estimate of drug-likeness (QED) is 0.150. The fraction of sp³-hybridized carbons (Fsp3) is 0.593. The molecule has 3 amide bonds. The lowest BCUT2D eigenvalue weighted by Crippen LogP contribution is -2.27. The Morgan fingerprint density at radius 2 is 1.24 bits per heavy atom. The van der Waals surface area contributed by atoms with E-state index in [-0.39, 0.29) is 48.6 Å². The lowest BCUT2D eigenvalue weighted by atomic mass is 10.0. The van der Waals surface area contributed by atoms with Gasteiger partial charge in [0.1, 0.15) is 11.6 Å². The molecule has 0 bridgehead atoms. The highest BCUT2D eigenvalue weighted by Crippen LogP contribution is 2.12. The molecule has 3 N–H and O–H groups in total. The van der Waals surface area contributed by atoms with E-state index >= 15 is 0 Å². The van der Waals surface area contributed by atoms with Crippen LogP contribution in [-0.4, -0.2) is 82.0 Å². The number of ketones is 2. The van der Waals surface area contributed by atoms with Gasteiger partial charge in [-0.15, -0.1) is 0 Å². The van der Waals surface area contributed by atoms with E-state index < -0.39 is 0 Å². The SMILES string of the molecule is CC(=O)CC(=O)CCc1ccc(NC(=O)CCCC(=O)NCCOCCOCCOCCNC(C)=O)cc1. The molecular weight excluding hydrogens is 494 g/mol. The maximum Gasteiger partial charge on any atom is 0.224 e. The molecule has 1 aromatic carbocycles. The van der Waals surface area contributed by atoms with E-state index in [0.717, 1.165) is 5.56 Å². The number of amides is 3. The van der Waals surface area contributed by atoms with Gasteiger partial charge in [0.25, 0.3) is 0 Å². The summed E-state index contributed by atoms with van der Waals surface area (Å²) in [6.45, 7) is 6.21. The van der Waals surface area contributed by atoms with Crippen LogP contribution in [0.2, 0.25) is 0 Å². The predicted octanol–water partition coefficient (Wildman–Crippen LogP) is 1.58. The van der Waals surface area contributed by atoms with Gasteiger partial charge in [-0.2, -0.15) is 0 Å². The van der Waals surface area contributed by atoms with Crippen molar-refractivity contribution in [3.63, 3.8) is 0 Å². The van der Waals surface area contributed by atoms with Crippen molar-refractivity contribution in [1.82, 2.24) is 10.6 Å². The van der Waals surface area contributed by atoms with E-state index in [1.54, 1.807) is 12.1 Å². The van der Waals surface area contributed by atoms with Crippen molar-refractivity contribution in [2.24, 2.45) is 0 Å². The Balaban J connectivity index is 1.99. The summed E-state index contributed by atoms with van der Waals surface area (Å²) in [5, 5.41) is 8.18. The zero-order valence-corrected chi connectivity index (χ0v) is 22.5. The number of anilines is 1. The fourth-order valence-corrected chi connectivity index (χ4v) is 3.23. The summed E-state index contributed by atoms with van der Waals surface area (Å²) in [6, 6.07) is 7.21. The Bertz CT molecular complexity index is 874. The van der Waals surface area contributed by atoms with E-state index in [9.17, 15) is 24.0 Å². The van der Waals surface area contributed by atoms with Crippen LogP contribution in [0, 0.1) is 0 Å². The first-order valence-corrected chi connectivity index (χ1v) is 12.9. The molecule has 0 aliphatic carbocycles. The second-order valence-corrected chi connectivity index (χ2v) is 8.69. The lowest BCUT2D eigenvalue weighted by Gasteiger charge is -2.08. The van der Waals surface area contributed by atoms with E-state index in [1.807, 2.05) is 12.1 Å². The normalized spacial score (nSPS) is 10.6. The van der Waals surface area contributed by atoms with Crippen LogP contribution >= 0.6 is 0 Å². The molecule has 0 aliphatic heterocycles. The Kier molecular flexibility index (Phi) is 18.0. The molecule has 0 atom stereocenters. The van der Waals surface area contributed by atoms with E-state index in [0.29, 0.717) is 77.7 Å². The highest BCUT2D eigenvalue weighted by molar-refractivity contribution is 5.98. The highest BCUT2D eigenvalue weighted by atomic mass is 16.5. The molecule has 11 nitrogen and oxygen atoms in total. The number of Topliss-reactive ketones (excluding diaryl/α,β-unsaturated/α-hetero) is 2. The second kappa shape index (κ2) is 20.9. The Labute approximate surface area is 224 Å². The van der Waals surface area contributed by atoms with Gasteiger partial charge in [-0.3, -0.25) is 24.0 Å². The first kappa shape index (κ1) is 32.9. The van der Waals surface area contributed by atoms with Crippen LogP contribution in [0.3, 0.4) is 0 Å². The summed E-state index contributed by atoms with van der Waals surface area (Å²) in [4.78, 5) is 57.3. The molecule has 0 saturated heterocycles. The number of hydrogen-bond acceptors (Lipinski definition) is 8. The Morgan fingerprint density at radius 3 is 1.82 bits per heavy atom. The van der Waals surface area contributed by atoms with Crippen molar-refractivity contribution < 1.29 is 38.2 Å². The Morgan fingerprint density at radius 1 is 0.684 bits per heavy atom. The largest absolute Gasteiger partial charge is 0.377 e. The molecular formula is C27H41N3O8. The summed E-state index contributed by atoms with van der Waals surface area (Å²) >= 11 is 0. The van der Waals surface area contributed by atoms with Crippen molar-refractivity contribution in [3.05, 3.63) is 29.8 Å². The van der Waals surface area contributed by atoms with Crippen LogP contribution in [0.5, 0.6) is 0 Å². The monoisotopic (exact) mass is 535 g/mol. The van der Waals surface area contributed by atoms with Crippen LogP contribution in [0.25, 0.3) is 0 Å². The number of benzene rings is 1. The van der Waals surface area contributed by atoms with Crippen molar-refractivity contribution in [3.8, 4) is 0 Å². The summed E-state index contributed by atoms with van der Waals surface area (Å²) in [5.74, 6) is -0.613. The van der Waals surface area contributed by atoms with Crippen LogP contribution in [0.4, 0.5) is 5.69 Å². The minimum Gasteiger partial charge on any atom is -0.377 e. The molecule has 0 aliphatic rings. The number of nitrogens with one attached hydrogen (secondary N) is 3. The van der Waals surface area contributed by atoms with Gasteiger partial charge in [-0.25, -0.2) is 0 Å². The van der Waals surface area contributed by atoms with Gasteiger partial charge in [0.05, 0.1) is 46.1 Å². The molecule has 1 rings (SSSR count). The highest BCUT2D eigenvalue weighted by Gasteiger charge is 2.08. The van der Waals surface area contributed by atoms with Gasteiger partial charge in [-0.05, 0) is 37.5 Å². The summed E-state index contributed by atoms with van der Waals surface area (Å²) < 4.78 is 16.0. The van der Waals surface area contributed by atoms with Crippen LogP contribution in [0.15, 0.2) is 24.3 Å². The van der Waals surface area contributed by atoms with Gasteiger partial charge in [-0.1, -0.05) is 12.1 Å². The summed E-state index contributed by atoms with van der Waals surface area (Å²) in [6.07, 6.45) is 1.72. The molecule has 0 saturated carbocycles. The van der Waals surface area contributed by atoms with Crippen molar-refractivity contribution in [1.29, 1.82) is 0 Å². The maximum atomic E-state index is 12.1. The predicted molar refractivity (Wildman–Crippen MR) is 142 cm³/mol. The fourth-order valence-electron chi connectivity index (χ4n) is 3.23. The summed E-state index contributed by atoms with van der Waals surface area (Å²) in [7, 11) is 0. The first-order chi connectivity index (χ1) is 18.3. The number of aryl methyl sites for hydroxylation is 1. The minimum absolute atomic E-state index is 0.0307. The molecule has 212 valence electrons. The third-order valence-electron chi connectivity index (χ3n) is 5.12. The number of carbonyl (C=O) groups is 5. The topological polar surface area (TPSA) is 149 Å². The van der Waals surface area contributed by atoms with Gasteiger partial charge < -0.3 is 30.2 Å². The minimum atomic E-state index is -0.177. The van der Waals surface area contributed by atoms with Crippen molar-refractivity contribution in [2.45, 2.75) is 52.4 Å². The average Bonchev–Trinajstić information content (AvgIpc) is 2.85. The molecule has 0 heterocycles. The molecule has 38 heavy (non-hydrogen) atoms. The number of hydrogen-bond donors (Lipinski definition) is 3. The first-order valence-electron chi connectivity index (χ1n) is 12.9. The van der Waals surface area contributed by atoms with E-state index in [2.05, 4.69) is 16.0 Å². The van der Waals surface area contributed by atoms with Crippen LogP contribution < -0.4 is 16.0 Å². The summed E-state index contributed by atoms with van der Waals surface area (Å²) in [5.41, 5.74) is 1.60. The van der Waals surface area contributed by atoms with Gasteiger partial charge in [0.2, 0.25) is 17.7 Å². The molecule has 0 fully saturated rings. The molecule has 0 spiro atoms. The zero-order chi connectivity index (χ0) is 28.0. The molecule has 11 heteroatoms. The van der Waals surface area contributed by atoms with Gasteiger partial charge in [0, 0.05) is 45.0 Å². The van der Waals surface area contributed by atoms with Gasteiger partial charge >= 0.3 is 0 Å². The van der Waals surface area contributed by atoms with E-state index in [1.165, 1.54) is 13.8 Å². The molecule has 0 radical (unpaired) electrons.